The highest BCUT2D eigenvalue weighted by atomic mass is 35.5. The Bertz CT molecular complexity index is 1820. The van der Waals surface area contributed by atoms with Crippen LogP contribution in [-0.2, 0) is 37.6 Å². The van der Waals surface area contributed by atoms with Crippen LogP contribution in [0.4, 0.5) is 5.69 Å². The van der Waals surface area contributed by atoms with E-state index in [-0.39, 0.29) is 22.5 Å². The van der Waals surface area contributed by atoms with Gasteiger partial charge in [-0.05, 0) is 104 Å². The molecule has 7 nitrogen and oxygen atoms in total. The van der Waals surface area contributed by atoms with E-state index in [1.165, 1.54) is 5.56 Å². The Kier molecular flexibility index (Phi) is 11.5. The van der Waals surface area contributed by atoms with Gasteiger partial charge in [-0.2, -0.15) is 10.6 Å². The number of halogens is 1. The number of hydrogen-bond donors (Lipinski definition) is 0. The molecule has 0 saturated carbocycles. The number of nitrogens with zero attached hydrogens (tertiary/aromatic N) is 2. The van der Waals surface area contributed by atoms with E-state index in [2.05, 4.69) is 29.2 Å². The van der Waals surface area contributed by atoms with Crippen LogP contribution in [0.5, 0.6) is 5.75 Å². The fourth-order valence-corrected chi connectivity index (χ4v) is 9.42. The van der Waals surface area contributed by atoms with E-state index in [0.29, 0.717) is 42.5 Å². The monoisotopic (exact) mass is 695 g/mol. The molecular weight excluding hydrogens is 652 g/mol. The number of carbonyl (C=O) groups is 1. The van der Waals surface area contributed by atoms with Crippen LogP contribution in [0.25, 0.3) is 0 Å². The van der Waals surface area contributed by atoms with Gasteiger partial charge in [-0.1, -0.05) is 74.0 Å². The molecule has 0 aromatic heterocycles. The third-order valence-corrected chi connectivity index (χ3v) is 13.0. The Morgan fingerprint density at radius 2 is 1.70 bits per heavy atom. The topological polar surface area (TPSA) is 93.1 Å². The van der Waals surface area contributed by atoms with Crippen LogP contribution in [0.2, 0.25) is 5.02 Å². The van der Waals surface area contributed by atoms with Gasteiger partial charge < -0.3 is 18.2 Å². The van der Waals surface area contributed by atoms with E-state index in [1.807, 2.05) is 25.1 Å². The first-order valence-corrected chi connectivity index (χ1v) is 19.5. The smallest absolute Gasteiger partial charge is 0.254 e. The van der Waals surface area contributed by atoms with Gasteiger partial charge in [0.25, 0.3) is 5.91 Å². The quantitative estimate of drug-likeness (QED) is 0.198. The van der Waals surface area contributed by atoms with E-state index in [0.717, 1.165) is 36.1 Å². The first-order chi connectivity index (χ1) is 22.4. The normalized spacial score (nSPS) is 24.3. The standard InChI is InChI=1S/C37H44ClN2O5S2/c1-25-11-16-33(17-12-25)47(43,44)36-10-7-8-26(2)27(3)22-40-23-31-13-15-32(38)20-29(31)9-5-6-19-45-35-18-14-30(21-34(35)40)37(41)39-46(42)24-28(36)4/h7,10-18,20-21,26-28,36H,5-6,8-9,19,22-24H2,1-4H3/q-1/b10-7+/t26-,27-,28+,36?/m0/s1. The maximum Gasteiger partial charge on any atom is 0.254 e. The van der Waals surface area contributed by atoms with Crippen molar-refractivity contribution < 1.29 is 22.2 Å². The summed E-state index contributed by atoms with van der Waals surface area (Å²) in [5.74, 6) is -0.140. The van der Waals surface area contributed by atoms with Gasteiger partial charge in [0.05, 0.1) is 22.4 Å². The van der Waals surface area contributed by atoms with Crippen molar-refractivity contribution in [3.05, 3.63) is 100 Å². The molecule has 252 valence electrons. The van der Waals surface area contributed by atoms with Gasteiger partial charge in [0, 0.05) is 23.7 Å². The lowest BCUT2D eigenvalue weighted by atomic mass is 9.91. The van der Waals surface area contributed by atoms with Gasteiger partial charge in [-0.3, -0.25) is 4.79 Å². The van der Waals surface area contributed by atoms with E-state index < -0.39 is 37.5 Å². The maximum atomic E-state index is 13.9. The van der Waals surface area contributed by atoms with Crippen molar-refractivity contribution in [1.82, 2.24) is 0 Å². The lowest BCUT2D eigenvalue weighted by Gasteiger charge is -2.32. The molecule has 0 saturated heterocycles. The summed E-state index contributed by atoms with van der Waals surface area (Å²) >= 11 is 6.41. The summed E-state index contributed by atoms with van der Waals surface area (Å²) < 4.78 is 51.4. The Hall–Kier alpha value is -3.14. The number of anilines is 1. The minimum atomic E-state index is -3.80. The van der Waals surface area contributed by atoms with Crippen molar-refractivity contribution >= 4 is 43.6 Å². The highest BCUT2D eigenvalue weighted by molar-refractivity contribution is 7.92. The second-order valence-corrected chi connectivity index (χ2v) is 16.8. The van der Waals surface area contributed by atoms with E-state index in [1.54, 1.807) is 55.5 Å². The van der Waals surface area contributed by atoms with Crippen molar-refractivity contribution in [2.75, 3.05) is 23.8 Å². The van der Waals surface area contributed by atoms with Crippen LogP contribution in [0, 0.1) is 24.7 Å². The lowest BCUT2D eigenvalue weighted by molar-refractivity contribution is 0.100. The van der Waals surface area contributed by atoms with Gasteiger partial charge in [-0.15, -0.1) is 0 Å². The Morgan fingerprint density at radius 3 is 2.47 bits per heavy atom. The molecule has 10 heteroatoms. The number of sulfone groups is 1. The predicted octanol–water partition coefficient (Wildman–Crippen LogP) is 8.37. The Balaban J connectivity index is 1.57. The van der Waals surface area contributed by atoms with Crippen LogP contribution < -0.4 is 9.64 Å². The van der Waals surface area contributed by atoms with Crippen LogP contribution in [0.3, 0.4) is 0 Å². The summed E-state index contributed by atoms with van der Waals surface area (Å²) in [6, 6.07) is 18.1. The van der Waals surface area contributed by atoms with Crippen molar-refractivity contribution in [2.24, 2.45) is 22.1 Å². The molecule has 3 aromatic rings. The zero-order chi connectivity index (χ0) is 33.7. The molecule has 0 radical (unpaired) electrons. The highest BCUT2D eigenvalue weighted by Crippen LogP contribution is 2.35. The largest absolute Gasteiger partial charge is 0.491 e. The maximum absolute atomic E-state index is 13.9. The molecule has 2 heterocycles. The number of fused-ring (bicyclic) bond motifs is 2. The average molecular weight is 696 g/mol. The summed E-state index contributed by atoms with van der Waals surface area (Å²) in [5.41, 5.74) is 4.42. The summed E-state index contributed by atoms with van der Waals surface area (Å²) in [5, 5.41) is -0.219. The van der Waals surface area contributed by atoms with Crippen LogP contribution in [-0.4, -0.2) is 38.5 Å². The molecular formula is C37H44ClN2O5S2-. The minimum absolute atomic E-state index is 0.0721. The molecule has 0 fully saturated rings. The van der Waals surface area contributed by atoms with Crippen molar-refractivity contribution in [2.45, 2.75) is 70.1 Å². The van der Waals surface area contributed by atoms with E-state index in [9.17, 15) is 17.4 Å². The number of benzene rings is 3. The van der Waals surface area contributed by atoms with Gasteiger partial charge in [0.15, 0.2) is 9.84 Å². The zero-order valence-electron chi connectivity index (χ0n) is 27.5. The first kappa shape index (κ1) is 35.2. The molecule has 1 unspecified atom stereocenters. The van der Waals surface area contributed by atoms with Crippen molar-refractivity contribution in [3.63, 3.8) is 0 Å². The number of rotatable bonds is 2. The number of hydrogen-bond acceptors (Lipinski definition) is 7. The fourth-order valence-electron chi connectivity index (χ4n) is 6.23. The zero-order valence-corrected chi connectivity index (χ0v) is 29.9. The predicted molar refractivity (Wildman–Crippen MR) is 190 cm³/mol. The highest BCUT2D eigenvalue weighted by Gasteiger charge is 2.30. The molecule has 0 spiro atoms. The molecule has 2 aliphatic rings. The number of aryl methyl sites for hydroxylation is 2. The summed E-state index contributed by atoms with van der Waals surface area (Å²) in [7, 11) is -5.73. The molecule has 0 N–H and O–H groups in total. The molecule has 3 aromatic carbocycles. The second-order valence-electron chi connectivity index (χ2n) is 13.1. The number of allylic oxidation sites excluding steroid dienone is 1. The molecule has 0 aliphatic carbocycles. The lowest BCUT2D eigenvalue weighted by Crippen LogP contribution is -2.32. The molecule has 2 bridgehead atoms. The van der Waals surface area contributed by atoms with Gasteiger partial charge in [0.1, 0.15) is 5.75 Å². The Labute approximate surface area is 286 Å². The second kappa shape index (κ2) is 15.4. The van der Waals surface area contributed by atoms with Gasteiger partial charge in [0.2, 0.25) is 0 Å². The van der Waals surface area contributed by atoms with Gasteiger partial charge >= 0.3 is 0 Å². The van der Waals surface area contributed by atoms with Crippen LogP contribution in [0.15, 0.2) is 82.1 Å². The fraction of sp³-hybridized carbons (Fsp3) is 0.432. The first-order valence-electron chi connectivity index (χ1n) is 16.3. The SMILES string of the molecule is Cc1ccc(S(=O)(=O)C2/C=C/C[C@H](C)[C@@H](C)CN3Cc4ccc(Cl)cc4CCCCOc4ccc(cc43)C(=O)N=[S-](=O)C[C@H]2C)cc1. The van der Waals surface area contributed by atoms with E-state index >= 15 is 0 Å². The summed E-state index contributed by atoms with van der Waals surface area (Å²) in [6.07, 6.45) is 7.09. The number of ether oxygens (including phenoxy) is 1. The number of carbonyl (C=O) groups excluding carboxylic acids is 1. The Morgan fingerprint density at radius 1 is 0.936 bits per heavy atom. The molecule has 1 amide bonds. The molecule has 47 heavy (non-hydrogen) atoms. The average Bonchev–Trinajstić information content (AvgIpc) is 3.05. The van der Waals surface area contributed by atoms with Crippen molar-refractivity contribution in [1.29, 1.82) is 0 Å². The third-order valence-electron chi connectivity index (χ3n) is 9.35. The number of amides is 1. The molecule has 4 atom stereocenters. The van der Waals surface area contributed by atoms with Crippen molar-refractivity contribution in [3.8, 4) is 5.75 Å². The molecule has 5 rings (SSSR count). The molecule has 2 aliphatic heterocycles. The van der Waals surface area contributed by atoms with Gasteiger partial charge in [-0.25, -0.2) is 8.42 Å². The third kappa shape index (κ3) is 8.67. The van der Waals surface area contributed by atoms with Crippen LogP contribution >= 0.6 is 11.6 Å². The van der Waals surface area contributed by atoms with Crippen LogP contribution in [0.1, 0.15) is 67.1 Å². The van der Waals surface area contributed by atoms with E-state index in [4.69, 9.17) is 16.3 Å². The summed E-state index contributed by atoms with van der Waals surface area (Å²) in [6.45, 7) is 9.84. The summed E-state index contributed by atoms with van der Waals surface area (Å²) in [4.78, 5) is 15.9. The minimum Gasteiger partial charge on any atom is -0.491 e.